The Labute approximate surface area is 229 Å². The van der Waals surface area contributed by atoms with Crippen LogP contribution in [0.3, 0.4) is 0 Å². The molecule has 1 aliphatic heterocycles. The van der Waals surface area contributed by atoms with Crippen molar-refractivity contribution in [1.29, 1.82) is 0 Å². The number of H-pyrrole nitrogens is 1. The van der Waals surface area contributed by atoms with Gasteiger partial charge in [-0.05, 0) is 42.9 Å². The van der Waals surface area contributed by atoms with Gasteiger partial charge >= 0.3 is 12.1 Å². The molecule has 1 saturated heterocycles. The fourth-order valence-electron chi connectivity index (χ4n) is 4.73. The van der Waals surface area contributed by atoms with Gasteiger partial charge in [-0.25, -0.2) is 9.78 Å². The summed E-state index contributed by atoms with van der Waals surface area (Å²) in [4.78, 5) is 48.4. The minimum Gasteiger partial charge on any atom is -0.467 e. The molecule has 214 valence electrons. The van der Waals surface area contributed by atoms with Crippen molar-refractivity contribution in [2.45, 2.75) is 50.5 Å². The number of carbonyl (C=O) groups excluding carboxylic acids is 3. The lowest BCUT2D eigenvalue weighted by Crippen LogP contribution is -2.49. The molecule has 0 bridgehead atoms. The van der Waals surface area contributed by atoms with Crippen molar-refractivity contribution in [3.05, 3.63) is 53.6 Å². The molecule has 0 radical (unpaired) electrons. The summed E-state index contributed by atoms with van der Waals surface area (Å²) in [6, 6.07) is 4.10. The molecule has 2 amide bonds. The quantitative estimate of drug-likeness (QED) is 0.357. The van der Waals surface area contributed by atoms with E-state index in [2.05, 4.69) is 15.3 Å². The number of methoxy groups -OCH3 is 1. The van der Waals surface area contributed by atoms with Gasteiger partial charge in [0.25, 0.3) is 0 Å². The summed E-state index contributed by atoms with van der Waals surface area (Å²) in [5.74, 6) is -0.620. The lowest BCUT2D eigenvalue weighted by molar-refractivity contribution is -0.145. The highest BCUT2D eigenvalue weighted by atomic mass is 32.2. The number of benzene rings is 1. The van der Waals surface area contributed by atoms with Crippen LogP contribution >= 0.6 is 11.8 Å². The number of halogens is 3. The van der Waals surface area contributed by atoms with Gasteiger partial charge in [-0.2, -0.15) is 24.9 Å². The zero-order chi connectivity index (χ0) is 28.4. The van der Waals surface area contributed by atoms with E-state index in [1.807, 2.05) is 6.26 Å². The Morgan fingerprint density at radius 2 is 2.08 bits per heavy atom. The van der Waals surface area contributed by atoms with Crippen molar-refractivity contribution in [3.63, 3.8) is 0 Å². The Kier molecular flexibility index (Phi) is 11.2. The first-order valence-electron chi connectivity index (χ1n) is 12.6. The first-order chi connectivity index (χ1) is 18.6. The van der Waals surface area contributed by atoms with Gasteiger partial charge in [-0.3, -0.25) is 14.5 Å². The lowest BCUT2D eigenvalue weighted by Gasteiger charge is -2.31. The second kappa shape index (κ2) is 14.4. The van der Waals surface area contributed by atoms with Gasteiger partial charge in [-0.1, -0.05) is 18.2 Å². The second-order valence-electron chi connectivity index (χ2n) is 9.37. The molecule has 0 spiro atoms. The first-order valence-corrected chi connectivity index (χ1v) is 14.0. The maximum absolute atomic E-state index is 13.7. The number of nitrogens with one attached hydrogen (secondary N) is 2. The number of imidazole rings is 1. The highest BCUT2D eigenvalue weighted by molar-refractivity contribution is 7.98. The van der Waals surface area contributed by atoms with Crippen LogP contribution in [0.25, 0.3) is 0 Å². The van der Waals surface area contributed by atoms with Crippen LogP contribution in [0.2, 0.25) is 0 Å². The van der Waals surface area contributed by atoms with Gasteiger partial charge in [0.05, 0.1) is 37.7 Å². The molecule has 1 aliphatic rings. The van der Waals surface area contributed by atoms with Crippen LogP contribution in [0.4, 0.5) is 13.2 Å². The van der Waals surface area contributed by atoms with E-state index >= 15 is 0 Å². The summed E-state index contributed by atoms with van der Waals surface area (Å²) >= 11 is 1.51. The molecule has 2 heterocycles. The number of thioether (sulfide) groups is 1. The van der Waals surface area contributed by atoms with E-state index in [9.17, 15) is 27.6 Å². The van der Waals surface area contributed by atoms with Gasteiger partial charge in [0.2, 0.25) is 11.8 Å². The summed E-state index contributed by atoms with van der Waals surface area (Å²) < 4.78 is 46.0. The third-order valence-corrected chi connectivity index (χ3v) is 7.21. The standard InChI is InChI=1S/C26H34F3N5O4S/c1-38-25(37)22(9-11-39-2)32-23(35)16-33(14-18-6-3-4-8-21(18)26(27,28)29)15-20-7-5-10-34(20)24(36)12-19-13-30-17-31-19/h3-4,6,8,13,17,20,22H,5,7,9-12,14-16H2,1-2H3,(H,30,31)(H,32,35)/t20-,22?/m0/s1. The highest BCUT2D eigenvalue weighted by Crippen LogP contribution is 2.32. The summed E-state index contributed by atoms with van der Waals surface area (Å²) in [5.41, 5.74) is -0.155. The van der Waals surface area contributed by atoms with E-state index < -0.39 is 29.7 Å². The van der Waals surface area contributed by atoms with E-state index in [0.717, 1.165) is 12.5 Å². The first kappa shape index (κ1) is 30.5. The molecule has 1 aromatic carbocycles. The molecule has 1 unspecified atom stereocenters. The normalized spacial score (nSPS) is 16.4. The summed E-state index contributed by atoms with van der Waals surface area (Å²) in [7, 11) is 1.23. The largest absolute Gasteiger partial charge is 0.467 e. The molecule has 13 heteroatoms. The van der Waals surface area contributed by atoms with E-state index in [-0.39, 0.29) is 43.6 Å². The van der Waals surface area contributed by atoms with Crippen molar-refractivity contribution < 1.29 is 32.3 Å². The van der Waals surface area contributed by atoms with Crippen molar-refractivity contribution in [1.82, 2.24) is 25.1 Å². The van der Waals surface area contributed by atoms with Crippen molar-refractivity contribution in [2.75, 3.05) is 38.8 Å². The second-order valence-corrected chi connectivity index (χ2v) is 10.4. The Hall–Kier alpha value is -3.06. The minimum absolute atomic E-state index is 0.0251. The Morgan fingerprint density at radius 3 is 2.74 bits per heavy atom. The monoisotopic (exact) mass is 569 g/mol. The Bertz CT molecular complexity index is 1100. The molecule has 0 saturated carbocycles. The Morgan fingerprint density at radius 1 is 1.31 bits per heavy atom. The van der Waals surface area contributed by atoms with Crippen LogP contribution in [0.5, 0.6) is 0 Å². The van der Waals surface area contributed by atoms with Gasteiger partial charge in [0.15, 0.2) is 0 Å². The number of aromatic amines is 1. The number of carbonyl (C=O) groups is 3. The predicted octanol–water partition coefficient (Wildman–Crippen LogP) is 2.88. The number of hydrogen-bond acceptors (Lipinski definition) is 7. The molecular weight excluding hydrogens is 535 g/mol. The molecule has 9 nitrogen and oxygen atoms in total. The molecule has 1 aromatic heterocycles. The number of nitrogens with zero attached hydrogens (tertiary/aromatic N) is 3. The number of alkyl halides is 3. The lowest BCUT2D eigenvalue weighted by atomic mass is 10.1. The van der Waals surface area contributed by atoms with Crippen molar-refractivity contribution >= 4 is 29.5 Å². The highest BCUT2D eigenvalue weighted by Gasteiger charge is 2.35. The summed E-state index contributed by atoms with van der Waals surface area (Å²) in [6.45, 7) is 0.303. The van der Waals surface area contributed by atoms with Gasteiger partial charge in [0, 0.05) is 31.9 Å². The Balaban J connectivity index is 1.79. The molecule has 2 atom stereocenters. The van der Waals surface area contributed by atoms with E-state index in [0.29, 0.717) is 30.8 Å². The van der Waals surface area contributed by atoms with E-state index in [1.165, 1.54) is 43.4 Å². The number of rotatable bonds is 13. The number of esters is 1. The third kappa shape index (κ3) is 8.99. The zero-order valence-corrected chi connectivity index (χ0v) is 22.8. The molecule has 39 heavy (non-hydrogen) atoms. The molecule has 1 fully saturated rings. The molecule has 2 aromatic rings. The van der Waals surface area contributed by atoms with Gasteiger partial charge in [-0.15, -0.1) is 0 Å². The van der Waals surface area contributed by atoms with Crippen LogP contribution in [0.1, 0.15) is 36.1 Å². The van der Waals surface area contributed by atoms with Crippen LogP contribution in [0, 0.1) is 0 Å². The average Bonchev–Trinajstić information content (AvgIpc) is 3.58. The van der Waals surface area contributed by atoms with Crippen molar-refractivity contribution in [2.24, 2.45) is 0 Å². The average molecular weight is 570 g/mol. The van der Waals surface area contributed by atoms with Gasteiger partial charge < -0.3 is 19.9 Å². The molecule has 3 rings (SSSR count). The summed E-state index contributed by atoms with van der Waals surface area (Å²) in [5, 5.41) is 2.67. The maximum atomic E-state index is 13.7. The zero-order valence-electron chi connectivity index (χ0n) is 22.0. The SMILES string of the molecule is COC(=O)C(CCSC)NC(=O)CN(Cc1ccccc1C(F)(F)F)C[C@@H]1CCCN1C(=O)Cc1c[nH]cn1. The van der Waals surface area contributed by atoms with Crippen LogP contribution in [0.15, 0.2) is 36.8 Å². The van der Waals surface area contributed by atoms with E-state index in [1.54, 1.807) is 16.0 Å². The third-order valence-electron chi connectivity index (χ3n) is 6.57. The number of aromatic nitrogens is 2. The van der Waals surface area contributed by atoms with Gasteiger partial charge in [0.1, 0.15) is 6.04 Å². The number of hydrogen-bond donors (Lipinski definition) is 2. The predicted molar refractivity (Wildman–Crippen MR) is 141 cm³/mol. The fraction of sp³-hybridized carbons (Fsp3) is 0.538. The number of likely N-dealkylation sites (tertiary alicyclic amines) is 1. The topological polar surface area (TPSA) is 108 Å². The number of ether oxygens (including phenoxy) is 1. The molecule has 0 aliphatic carbocycles. The maximum Gasteiger partial charge on any atom is 0.416 e. The van der Waals surface area contributed by atoms with E-state index in [4.69, 9.17) is 4.74 Å². The smallest absolute Gasteiger partial charge is 0.416 e. The summed E-state index contributed by atoms with van der Waals surface area (Å²) in [6.07, 6.45) is 2.31. The molecule has 2 N–H and O–H groups in total. The van der Waals surface area contributed by atoms with Crippen molar-refractivity contribution in [3.8, 4) is 0 Å². The molecular formula is C26H34F3N5O4S. The van der Waals surface area contributed by atoms with Crippen LogP contribution in [-0.2, 0) is 38.3 Å². The fourth-order valence-corrected chi connectivity index (χ4v) is 5.20. The van der Waals surface area contributed by atoms with Crippen LogP contribution < -0.4 is 5.32 Å². The minimum atomic E-state index is -4.56. The number of amides is 2. The van der Waals surface area contributed by atoms with Crippen LogP contribution in [-0.4, -0.2) is 88.4 Å².